The van der Waals surface area contributed by atoms with Gasteiger partial charge in [0.1, 0.15) is 0 Å². The summed E-state index contributed by atoms with van der Waals surface area (Å²) in [5.41, 5.74) is 0.949. The van der Waals surface area contributed by atoms with Crippen LogP contribution in [0, 0.1) is 0 Å². The highest BCUT2D eigenvalue weighted by Gasteiger charge is 2.23. The van der Waals surface area contributed by atoms with Crippen LogP contribution in [0.15, 0.2) is 34.9 Å². The molecule has 0 saturated carbocycles. The van der Waals surface area contributed by atoms with Crippen LogP contribution in [0.25, 0.3) is 11.3 Å². The number of ether oxygens (including phenoxy) is 1. The third-order valence-corrected chi connectivity index (χ3v) is 3.75. The Morgan fingerprint density at radius 2 is 2.05 bits per heavy atom. The van der Waals surface area contributed by atoms with Gasteiger partial charge in [0, 0.05) is 23.7 Å². The maximum Gasteiger partial charge on any atom is 0.209 e. The Balaban J connectivity index is 1.70. The number of aromatic nitrogens is 1. The second kappa shape index (κ2) is 6.18. The Morgan fingerprint density at radius 1 is 1.29 bits per heavy atom. The summed E-state index contributed by atoms with van der Waals surface area (Å²) in [5, 5.41) is 0.696. The summed E-state index contributed by atoms with van der Waals surface area (Å²) in [5.74, 6) is 1.48. The first kappa shape index (κ1) is 14.6. The van der Waals surface area contributed by atoms with Crippen molar-refractivity contribution in [1.82, 2.24) is 9.88 Å². The minimum Gasteiger partial charge on any atom is -0.439 e. The zero-order valence-corrected chi connectivity index (χ0v) is 13.0. The van der Waals surface area contributed by atoms with E-state index in [0.29, 0.717) is 11.6 Å². The van der Waals surface area contributed by atoms with Crippen LogP contribution in [0.4, 0.5) is 0 Å². The van der Waals surface area contributed by atoms with Crippen molar-refractivity contribution in [2.24, 2.45) is 0 Å². The Labute approximate surface area is 129 Å². The van der Waals surface area contributed by atoms with E-state index in [2.05, 4.69) is 23.7 Å². The lowest BCUT2D eigenvalue weighted by Crippen LogP contribution is -2.44. The summed E-state index contributed by atoms with van der Waals surface area (Å²) in [4.78, 5) is 6.69. The Bertz CT molecular complexity index is 604. The largest absolute Gasteiger partial charge is 0.439 e. The normalized spacial score (nSPS) is 23.4. The zero-order chi connectivity index (χ0) is 14.8. The lowest BCUT2D eigenvalue weighted by molar-refractivity contribution is -0.0721. The number of hydrogen-bond acceptors (Lipinski definition) is 4. The quantitative estimate of drug-likeness (QED) is 0.868. The van der Waals surface area contributed by atoms with E-state index in [1.54, 1.807) is 6.20 Å². The number of morpholine rings is 1. The summed E-state index contributed by atoms with van der Waals surface area (Å²) >= 11 is 6.01. The van der Waals surface area contributed by atoms with E-state index in [0.717, 1.165) is 30.3 Å². The molecule has 0 amide bonds. The number of oxazole rings is 1. The van der Waals surface area contributed by atoms with Crippen LogP contribution in [-0.2, 0) is 11.3 Å². The molecular weight excluding hydrogens is 288 g/mol. The Hall–Kier alpha value is -1.36. The van der Waals surface area contributed by atoms with Gasteiger partial charge < -0.3 is 9.15 Å². The molecule has 5 heteroatoms. The predicted molar refractivity (Wildman–Crippen MR) is 82.2 cm³/mol. The van der Waals surface area contributed by atoms with Crippen molar-refractivity contribution in [3.63, 3.8) is 0 Å². The van der Waals surface area contributed by atoms with Crippen molar-refractivity contribution in [3.8, 4) is 11.3 Å². The lowest BCUT2D eigenvalue weighted by atomic mass is 10.2. The van der Waals surface area contributed by atoms with Crippen molar-refractivity contribution in [2.75, 3.05) is 13.1 Å². The minimum atomic E-state index is 0.246. The van der Waals surface area contributed by atoms with Crippen LogP contribution in [0.3, 0.4) is 0 Å². The maximum atomic E-state index is 6.01. The molecule has 2 atom stereocenters. The molecule has 0 spiro atoms. The molecule has 112 valence electrons. The molecule has 1 aromatic carbocycles. The highest BCUT2D eigenvalue weighted by molar-refractivity contribution is 6.30. The Morgan fingerprint density at radius 3 is 2.76 bits per heavy atom. The van der Waals surface area contributed by atoms with Crippen molar-refractivity contribution < 1.29 is 9.15 Å². The van der Waals surface area contributed by atoms with E-state index in [1.807, 2.05) is 24.3 Å². The van der Waals surface area contributed by atoms with E-state index in [-0.39, 0.29) is 12.2 Å². The molecule has 2 aromatic rings. The van der Waals surface area contributed by atoms with Crippen LogP contribution >= 0.6 is 11.6 Å². The maximum absolute atomic E-state index is 6.01. The van der Waals surface area contributed by atoms with Gasteiger partial charge in [0.2, 0.25) is 5.89 Å². The average Bonchev–Trinajstić information content (AvgIpc) is 2.86. The highest BCUT2D eigenvalue weighted by Crippen LogP contribution is 2.24. The average molecular weight is 307 g/mol. The standard InChI is InChI=1S/C16H19ClN2O2/c1-11-8-19(9-12(2)20-11)10-16-18-7-15(21-16)13-4-3-5-14(17)6-13/h3-7,11-12H,8-10H2,1-2H3. The van der Waals surface area contributed by atoms with Gasteiger partial charge in [-0.3, -0.25) is 4.90 Å². The fourth-order valence-corrected chi connectivity index (χ4v) is 2.95. The first-order chi connectivity index (χ1) is 10.1. The molecule has 1 saturated heterocycles. The lowest BCUT2D eigenvalue weighted by Gasteiger charge is -2.34. The number of halogens is 1. The van der Waals surface area contributed by atoms with Crippen LogP contribution in [0.1, 0.15) is 19.7 Å². The van der Waals surface area contributed by atoms with Gasteiger partial charge in [0.05, 0.1) is 24.9 Å². The first-order valence-electron chi connectivity index (χ1n) is 7.18. The van der Waals surface area contributed by atoms with E-state index < -0.39 is 0 Å². The van der Waals surface area contributed by atoms with Gasteiger partial charge in [0.15, 0.2) is 5.76 Å². The number of rotatable bonds is 3. The van der Waals surface area contributed by atoms with Gasteiger partial charge in [-0.05, 0) is 26.0 Å². The molecule has 1 aliphatic rings. The third-order valence-electron chi connectivity index (χ3n) is 3.52. The summed E-state index contributed by atoms with van der Waals surface area (Å²) in [6, 6.07) is 7.60. The SMILES string of the molecule is CC1CN(Cc2ncc(-c3cccc(Cl)c3)o2)CC(C)O1. The number of benzene rings is 1. The molecule has 1 aromatic heterocycles. The van der Waals surface area contributed by atoms with Crippen LogP contribution < -0.4 is 0 Å². The molecule has 2 heterocycles. The molecule has 2 unspecified atom stereocenters. The van der Waals surface area contributed by atoms with Crippen molar-refractivity contribution in [1.29, 1.82) is 0 Å². The van der Waals surface area contributed by atoms with E-state index in [1.165, 1.54) is 0 Å². The van der Waals surface area contributed by atoms with Crippen LogP contribution in [0.5, 0.6) is 0 Å². The van der Waals surface area contributed by atoms with Gasteiger partial charge in [-0.25, -0.2) is 4.98 Å². The zero-order valence-electron chi connectivity index (χ0n) is 12.3. The molecule has 0 aliphatic carbocycles. The van der Waals surface area contributed by atoms with Crippen molar-refractivity contribution >= 4 is 11.6 Å². The Kier molecular flexibility index (Phi) is 4.29. The minimum absolute atomic E-state index is 0.246. The third kappa shape index (κ3) is 3.64. The van der Waals surface area contributed by atoms with Crippen LogP contribution in [0.2, 0.25) is 5.02 Å². The molecular formula is C16H19ClN2O2. The van der Waals surface area contributed by atoms with Gasteiger partial charge >= 0.3 is 0 Å². The molecule has 0 radical (unpaired) electrons. The molecule has 0 bridgehead atoms. The molecule has 0 N–H and O–H groups in total. The second-order valence-electron chi connectivity index (χ2n) is 5.58. The molecule has 3 rings (SSSR count). The van der Waals surface area contributed by atoms with Gasteiger partial charge in [-0.2, -0.15) is 0 Å². The first-order valence-corrected chi connectivity index (χ1v) is 7.56. The molecule has 1 aliphatic heterocycles. The highest BCUT2D eigenvalue weighted by atomic mass is 35.5. The fraction of sp³-hybridized carbons (Fsp3) is 0.438. The van der Waals surface area contributed by atoms with Crippen LogP contribution in [-0.4, -0.2) is 35.2 Å². The number of nitrogens with zero attached hydrogens (tertiary/aromatic N) is 2. The summed E-state index contributed by atoms with van der Waals surface area (Å²) < 4.78 is 11.6. The monoisotopic (exact) mass is 306 g/mol. The summed E-state index contributed by atoms with van der Waals surface area (Å²) in [6.07, 6.45) is 2.25. The predicted octanol–water partition coefficient (Wildman–Crippen LogP) is 3.60. The van der Waals surface area contributed by atoms with Crippen molar-refractivity contribution in [2.45, 2.75) is 32.6 Å². The van der Waals surface area contributed by atoms with E-state index >= 15 is 0 Å². The second-order valence-corrected chi connectivity index (χ2v) is 6.02. The van der Waals surface area contributed by atoms with Gasteiger partial charge in [-0.15, -0.1) is 0 Å². The smallest absolute Gasteiger partial charge is 0.209 e. The summed E-state index contributed by atoms with van der Waals surface area (Å²) in [7, 11) is 0. The molecule has 4 nitrogen and oxygen atoms in total. The van der Waals surface area contributed by atoms with Gasteiger partial charge in [0.25, 0.3) is 0 Å². The topological polar surface area (TPSA) is 38.5 Å². The molecule has 21 heavy (non-hydrogen) atoms. The molecule has 1 fully saturated rings. The van der Waals surface area contributed by atoms with E-state index in [4.69, 9.17) is 20.8 Å². The number of hydrogen-bond donors (Lipinski definition) is 0. The fourth-order valence-electron chi connectivity index (χ4n) is 2.76. The summed E-state index contributed by atoms with van der Waals surface area (Å²) in [6.45, 7) is 6.70. The van der Waals surface area contributed by atoms with Crippen molar-refractivity contribution in [3.05, 3.63) is 41.4 Å². The van der Waals surface area contributed by atoms with Gasteiger partial charge in [-0.1, -0.05) is 23.7 Å². The van der Waals surface area contributed by atoms with E-state index in [9.17, 15) is 0 Å².